The van der Waals surface area contributed by atoms with Crippen LogP contribution in [0.2, 0.25) is 0 Å². The lowest BCUT2D eigenvalue weighted by molar-refractivity contribution is -0.384. The van der Waals surface area contributed by atoms with Crippen LogP contribution in [-0.2, 0) is 4.79 Å². The summed E-state index contributed by atoms with van der Waals surface area (Å²) in [5, 5.41) is 10.4. The SMILES string of the molecule is CCCCN(CC)C(=O)C(C)Sc1ccc([N+](=O)[O-])cc1. The molecule has 1 aromatic rings. The monoisotopic (exact) mass is 310 g/mol. The number of amides is 1. The molecule has 0 aliphatic carbocycles. The minimum atomic E-state index is -0.424. The predicted octanol–water partition coefficient (Wildman–Crippen LogP) is 3.72. The first kappa shape index (κ1) is 17.5. The van der Waals surface area contributed by atoms with Crippen LogP contribution in [0.4, 0.5) is 5.69 Å². The smallest absolute Gasteiger partial charge is 0.269 e. The Labute approximate surface area is 129 Å². The molecule has 0 aliphatic heterocycles. The molecule has 6 heteroatoms. The van der Waals surface area contributed by atoms with Crippen molar-refractivity contribution in [3.63, 3.8) is 0 Å². The van der Waals surface area contributed by atoms with Crippen molar-refractivity contribution in [1.29, 1.82) is 0 Å². The molecule has 0 heterocycles. The van der Waals surface area contributed by atoms with Crippen LogP contribution in [0.3, 0.4) is 0 Å². The number of non-ortho nitro benzene ring substituents is 1. The van der Waals surface area contributed by atoms with Crippen molar-refractivity contribution in [3.8, 4) is 0 Å². The van der Waals surface area contributed by atoms with Crippen LogP contribution in [0.5, 0.6) is 0 Å². The zero-order chi connectivity index (χ0) is 15.8. The van der Waals surface area contributed by atoms with Crippen molar-refractivity contribution < 1.29 is 9.72 Å². The summed E-state index contributed by atoms with van der Waals surface area (Å²) in [6, 6.07) is 6.31. The second-order valence-electron chi connectivity index (χ2n) is 4.78. The lowest BCUT2D eigenvalue weighted by Crippen LogP contribution is -2.37. The fraction of sp³-hybridized carbons (Fsp3) is 0.533. The fourth-order valence-electron chi connectivity index (χ4n) is 1.93. The van der Waals surface area contributed by atoms with Gasteiger partial charge in [-0.05, 0) is 32.4 Å². The molecular formula is C15H22N2O3S. The molecule has 0 radical (unpaired) electrons. The number of thioether (sulfide) groups is 1. The molecule has 21 heavy (non-hydrogen) atoms. The summed E-state index contributed by atoms with van der Waals surface area (Å²) >= 11 is 1.44. The fourth-order valence-corrected chi connectivity index (χ4v) is 2.88. The first-order valence-electron chi connectivity index (χ1n) is 7.19. The van der Waals surface area contributed by atoms with Crippen LogP contribution in [0.1, 0.15) is 33.6 Å². The average Bonchev–Trinajstić information content (AvgIpc) is 2.48. The Morgan fingerprint density at radius 3 is 2.43 bits per heavy atom. The van der Waals surface area contributed by atoms with Crippen molar-refractivity contribution in [3.05, 3.63) is 34.4 Å². The molecule has 116 valence electrons. The molecule has 1 rings (SSSR count). The summed E-state index contributed by atoms with van der Waals surface area (Å²) in [5.41, 5.74) is 0.0662. The second kappa shape index (κ2) is 8.67. The Morgan fingerprint density at radius 1 is 1.33 bits per heavy atom. The number of carbonyl (C=O) groups excluding carboxylic acids is 1. The van der Waals surface area contributed by atoms with Gasteiger partial charge in [0.1, 0.15) is 0 Å². The van der Waals surface area contributed by atoms with Gasteiger partial charge in [-0.25, -0.2) is 0 Å². The van der Waals surface area contributed by atoms with E-state index in [0.29, 0.717) is 6.54 Å². The number of rotatable bonds is 8. The van der Waals surface area contributed by atoms with E-state index in [1.165, 1.54) is 23.9 Å². The van der Waals surface area contributed by atoms with Gasteiger partial charge in [-0.1, -0.05) is 13.3 Å². The third-order valence-electron chi connectivity index (χ3n) is 3.18. The molecule has 0 aliphatic rings. The first-order chi connectivity index (χ1) is 9.99. The van der Waals surface area contributed by atoms with Crippen molar-refractivity contribution in [2.45, 2.75) is 43.8 Å². The van der Waals surface area contributed by atoms with Crippen LogP contribution < -0.4 is 0 Å². The third-order valence-corrected chi connectivity index (χ3v) is 4.28. The summed E-state index contributed by atoms with van der Waals surface area (Å²) in [4.78, 5) is 25.3. The summed E-state index contributed by atoms with van der Waals surface area (Å²) in [7, 11) is 0. The molecule has 0 bridgehead atoms. The third kappa shape index (κ3) is 5.38. The maximum Gasteiger partial charge on any atom is 0.269 e. The van der Waals surface area contributed by atoms with Gasteiger partial charge in [-0.15, -0.1) is 11.8 Å². The quantitative estimate of drug-likeness (QED) is 0.417. The number of nitrogens with zero attached hydrogens (tertiary/aromatic N) is 2. The second-order valence-corrected chi connectivity index (χ2v) is 6.20. The molecule has 0 spiro atoms. The van der Waals surface area contributed by atoms with E-state index >= 15 is 0 Å². The highest BCUT2D eigenvalue weighted by atomic mass is 32.2. The van der Waals surface area contributed by atoms with Crippen molar-refractivity contribution >= 4 is 23.4 Å². The number of carbonyl (C=O) groups is 1. The van der Waals surface area contributed by atoms with E-state index in [1.54, 1.807) is 12.1 Å². The normalized spacial score (nSPS) is 12.0. The van der Waals surface area contributed by atoms with Gasteiger partial charge in [0.25, 0.3) is 5.69 Å². The molecule has 0 fully saturated rings. The molecule has 1 amide bonds. The lowest BCUT2D eigenvalue weighted by atomic mass is 10.3. The average molecular weight is 310 g/mol. The number of nitro benzene ring substituents is 1. The van der Waals surface area contributed by atoms with Crippen LogP contribution in [0, 0.1) is 10.1 Å². The predicted molar refractivity (Wildman–Crippen MR) is 85.6 cm³/mol. The molecule has 0 saturated carbocycles. The number of hydrogen-bond acceptors (Lipinski definition) is 4. The largest absolute Gasteiger partial charge is 0.342 e. The van der Waals surface area contributed by atoms with E-state index in [9.17, 15) is 14.9 Å². The molecule has 0 saturated heterocycles. The Bertz CT molecular complexity index is 476. The lowest BCUT2D eigenvalue weighted by Gasteiger charge is -2.24. The van der Waals surface area contributed by atoms with E-state index in [4.69, 9.17) is 0 Å². The van der Waals surface area contributed by atoms with E-state index in [1.807, 2.05) is 18.7 Å². The zero-order valence-corrected chi connectivity index (χ0v) is 13.6. The molecule has 0 aromatic heterocycles. The summed E-state index contributed by atoms with van der Waals surface area (Å²) in [6.07, 6.45) is 2.07. The molecule has 1 unspecified atom stereocenters. The Balaban J connectivity index is 2.64. The molecule has 5 nitrogen and oxygen atoms in total. The summed E-state index contributed by atoms with van der Waals surface area (Å²) in [5.74, 6) is 0.120. The van der Waals surface area contributed by atoms with Gasteiger partial charge in [-0.3, -0.25) is 14.9 Å². The van der Waals surface area contributed by atoms with Gasteiger partial charge in [-0.2, -0.15) is 0 Å². The molecule has 1 atom stereocenters. The Hall–Kier alpha value is -1.56. The van der Waals surface area contributed by atoms with Crippen LogP contribution in [0.15, 0.2) is 29.2 Å². The topological polar surface area (TPSA) is 63.5 Å². The number of unbranched alkanes of at least 4 members (excludes halogenated alkanes) is 1. The minimum absolute atomic E-state index is 0.0662. The highest BCUT2D eigenvalue weighted by Gasteiger charge is 2.20. The van der Waals surface area contributed by atoms with Gasteiger partial charge in [0.15, 0.2) is 0 Å². The van der Waals surface area contributed by atoms with Crippen molar-refractivity contribution in [2.24, 2.45) is 0 Å². The molecule has 1 aromatic carbocycles. The van der Waals surface area contributed by atoms with Gasteiger partial charge < -0.3 is 4.90 Å². The van der Waals surface area contributed by atoms with E-state index in [2.05, 4.69) is 6.92 Å². The van der Waals surface area contributed by atoms with Crippen molar-refractivity contribution in [1.82, 2.24) is 4.90 Å². The zero-order valence-electron chi connectivity index (χ0n) is 12.7. The standard InChI is InChI=1S/C15H22N2O3S/c1-4-6-11-16(5-2)15(18)12(3)21-14-9-7-13(8-10-14)17(19)20/h7-10,12H,4-6,11H2,1-3H3. The highest BCUT2D eigenvalue weighted by molar-refractivity contribution is 8.00. The summed E-state index contributed by atoms with van der Waals surface area (Å²) in [6.45, 7) is 7.47. The minimum Gasteiger partial charge on any atom is -0.342 e. The van der Waals surface area contributed by atoms with Crippen LogP contribution in [0.25, 0.3) is 0 Å². The van der Waals surface area contributed by atoms with E-state index in [0.717, 1.165) is 24.3 Å². The van der Waals surface area contributed by atoms with Crippen LogP contribution >= 0.6 is 11.8 Å². The number of benzene rings is 1. The Kier molecular flexibility index (Phi) is 7.22. The van der Waals surface area contributed by atoms with Gasteiger partial charge >= 0.3 is 0 Å². The van der Waals surface area contributed by atoms with E-state index < -0.39 is 4.92 Å². The maximum atomic E-state index is 12.4. The number of nitro groups is 1. The summed E-state index contributed by atoms with van der Waals surface area (Å²) < 4.78 is 0. The van der Waals surface area contributed by atoms with Crippen LogP contribution in [-0.4, -0.2) is 34.1 Å². The van der Waals surface area contributed by atoms with Gasteiger partial charge in [0, 0.05) is 30.1 Å². The maximum absolute atomic E-state index is 12.4. The van der Waals surface area contributed by atoms with E-state index in [-0.39, 0.29) is 16.8 Å². The first-order valence-corrected chi connectivity index (χ1v) is 8.07. The highest BCUT2D eigenvalue weighted by Crippen LogP contribution is 2.26. The molecular weight excluding hydrogens is 288 g/mol. The van der Waals surface area contributed by atoms with Gasteiger partial charge in [0.2, 0.25) is 5.91 Å². The van der Waals surface area contributed by atoms with Crippen molar-refractivity contribution in [2.75, 3.05) is 13.1 Å². The molecule has 0 N–H and O–H groups in total. The Morgan fingerprint density at radius 2 is 1.95 bits per heavy atom. The number of hydrogen-bond donors (Lipinski definition) is 0. The van der Waals surface area contributed by atoms with Gasteiger partial charge in [0.05, 0.1) is 10.2 Å².